The van der Waals surface area contributed by atoms with E-state index in [0.29, 0.717) is 6.54 Å². The van der Waals surface area contributed by atoms with E-state index < -0.39 is 5.97 Å². The Labute approximate surface area is 93.7 Å². The fourth-order valence-corrected chi connectivity index (χ4v) is 1.23. The molecule has 5 heteroatoms. The topological polar surface area (TPSA) is 70.5 Å². The lowest BCUT2D eigenvalue weighted by molar-refractivity contribution is -0.140. The maximum atomic E-state index is 11.5. The Hall–Kier alpha value is -1.91. The van der Waals surface area contributed by atoms with Crippen molar-refractivity contribution in [2.45, 2.75) is 19.4 Å². The molecule has 0 aromatic carbocycles. The van der Waals surface area contributed by atoms with Crippen LogP contribution in [0.25, 0.3) is 0 Å². The van der Waals surface area contributed by atoms with E-state index >= 15 is 0 Å². The second-order valence-corrected chi connectivity index (χ2v) is 3.46. The molecule has 16 heavy (non-hydrogen) atoms. The molecule has 0 atom stereocenters. The highest BCUT2D eigenvalue weighted by molar-refractivity contribution is 5.80. The highest BCUT2D eigenvalue weighted by atomic mass is 16.4. The predicted octanol–water partition coefficient (Wildman–Crippen LogP) is 0.905. The average molecular weight is 222 g/mol. The molecule has 86 valence electrons. The van der Waals surface area contributed by atoms with Gasteiger partial charge in [-0.15, -0.1) is 0 Å². The largest absolute Gasteiger partial charge is 0.481 e. The fraction of sp³-hybridized carbons (Fsp3) is 0.364. The molecule has 0 aliphatic heterocycles. The van der Waals surface area contributed by atoms with Gasteiger partial charge in [-0.2, -0.15) is 0 Å². The van der Waals surface area contributed by atoms with Crippen LogP contribution in [0.15, 0.2) is 24.4 Å². The van der Waals surface area contributed by atoms with E-state index in [1.807, 2.05) is 12.1 Å². The number of aliphatic carboxylic acids is 1. The first-order chi connectivity index (χ1) is 7.59. The maximum Gasteiger partial charge on any atom is 0.303 e. The standard InChI is InChI=1S/C11H14N2O3/c1-13(10(14)5-6-11(15)16)8-9-4-2-3-7-12-9/h2-4,7H,5-6,8H2,1H3,(H,15,16). The van der Waals surface area contributed by atoms with Gasteiger partial charge in [-0.3, -0.25) is 14.6 Å². The van der Waals surface area contributed by atoms with Gasteiger partial charge in [0.15, 0.2) is 0 Å². The van der Waals surface area contributed by atoms with Gasteiger partial charge in [-0.05, 0) is 12.1 Å². The first-order valence-corrected chi connectivity index (χ1v) is 4.95. The van der Waals surface area contributed by atoms with E-state index in [0.717, 1.165) is 5.69 Å². The summed E-state index contributed by atoms with van der Waals surface area (Å²) in [7, 11) is 1.64. The minimum atomic E-state index is -0.959. The van der Waals surface area contributed by atoms with E-state index in [9.17, 15) is 9.59 Å². The van der Waals surface area contributed by atoms with Gasteiger partial charge in [0.1, 0.15) is 0 Å². The molecule has 1 rings (SSSR count). The molecule has 0 aliphatic rings. The number of pyridine rings is 1. The molecule has 0 aliphatic carbocycles. The summed E-state index contributed by atoms with van der Waals surface area (Å²) in [5.41, 5.74) is 0.786. The SMILES string of the molecule is CN(Cc1ccccn1)C(=O)CCC(=O)O. The third-order valence-electron chi connectivity index (χ3n) is 2.10. The number of hydrogen-bond acceptors (Lipinski definition) is 3. The Morgan fingerprint density at radius 1 is 1.38 bits per heavy atom. The quantitative estimate of drug-likeness (QED) is 0.803. The van der Waals surface area contributed by atoms with Gasteiger partial charge < -0.3 is 10.0 Å². The molecule has 0 bridgehead atoms. The van der Waals surface area contributed by atoms with Gasteiger partial charge in [0.25, 0.3) is 0 Å². The molecule has 1 aromatic heterocycles. The zero-order valence-corrected chi connectivity index (χ0v) is 9.09. The number of carboxylic acid groups (broad SMARTS) is 1. The third kappa shape index (κ3) is 4.08. The lowest BCUT2D eigenvalue weighted by atomic mass is 10.2. The summed E-state index contributed by atoms with van der Waals surface area (Å²) in [6.45, 7) is 0.402. The minimum Gasteiger partial charge on any atom is -0.481 e. The Morgan fingerprint density at radius 3 is 2.69 bits per heavy atom. The number of carbonyl (C=O) groups is 2. The summed E-state index contributed by atoms with van der Waals surface area (Å²) in [6, 6.07) is 5.47. The molecule has 0 radical (unpaired) electrons. The number of carbonyl (C=O) groups excluding carboxylic acids is 1. The monoisotopic (exact) mass is 222 g/mol. The molecular formula is C11H14N2O3. The Bertz CT molecular complexity index is 365. The van der Waals surface area contributed by atoms with E-state index in [1.165, 1.54) is 4.90 Å². The number of aromatic nitrogens is 1. The molecule has 0 unspecified atom stereocenters. The van der Waals surface area contributed by atoms with E-state index in [2.05, 4.69) is 4.98 Å². The number of hydrogen-bond donors (Lipinski definition) is 1. The molecule has 0 spiro atoms. The van der Waals surface area contributed by atoms with Crippen molar-refractivity contribution in [3.63, 3.8) is 0 Å². The van der Waals surface area contributed by atoms with Crippen LogP contribution in [0.1, 0.15) is 18.5 Å². The minimum absolute atomic E-state index is 0.0265. The smallest absolute Gasteiger partial charge is 0.303 e. The first-order valence-electron chi connectivity index (χ1n) is 4.95. The summed E-state index contributed by atoms with van der Waals surface area (Å²) in [5.74, 6) is -1.15. The zero-order valence-electron chi connectivity index (χ0n) is 9.09. The van der Waals surface area contributed by atoms with Gasteiger partial charge in [-0.1, -0.05) is 6.07 Å². The van der Waals surface area contributed by atoms with Crippen molar-refractivity contribution >= 4 is 11.9 Å². The zero-order chi connectivity index (χ0) is 12.0. The van der Waals surface area contributed by atoms with Crippen LogP contribution < -0.4 is 0 Å². The van der Waals surface area contributed by atoms with Crippen LogP contribution >= 0.6 is 0 Å². The van der Waals surface area contributed by atoms with Crippen molar-refractivity contribution in [2.75, 3.05) is 7.05 Å². The predicted molar refractivity (Wildman–Crippen MR) is 57.6 cm³/mol. The number of amides is 1. The number of nitrogens with zero attached hydrogens (tertiary/aromatic N) is 2. The van der Waals surface area contributed by atoms with E-state index in [1.54, 1.807) is 19.3 Å². The summed E-state index contributed by atoms with van der Waals surface area (Å²) >= 11 is 0. The molecule has 0 fully saturated rings. The summed E-state index contributed by atoms with van der Waals surface area (Å²) in [5, 5.41) is 8.45. The fourth-order valence-electron chi connectivity index (χ4n) is 1.23. The van der Waals surface area contributed by atoms with Gasteiger partial charge in [0.05, 0.1) is 18.7 Å². The van der Waals surface area contributed by atoms with Crippen LogP contribution in [-0.2, 0) is 16.1 Å². The second kappa shape index (κ2) is 5.85. The van der Waals surface area contributed by atoms with Crippen LogP contribution in [0.5, 0.6) is 0 Å². The Kier molecular flexibility index (Phi) is 4.44. The normalized spacial score (nSPS) is 9.81. The molecule has 1 N–H and O–H groups in total. The van der Waals surface area contributed by atoms with Gasteiger partial charge in [0.2, 0.25) is 5.91 Å². The highest BCUT2D eigenvalue weighted by Crippen LogP contribution is 2.02. The molecule has 0 saturated heterocycles. The van der Waals surface area contributed by atoms with Gasteiger partial charge in [0, 0.05) is 19.7 Å². The molecule has 0 saturated carbocycles. The maximum absolute atomic E-state index is 11.5. The summed E-state index contributed by atoms with van der Waals surface area (Å²) < 4.78 is 0. The van der Waals surface area contributed by atoms with Crippen LogP contribution in [0.2, 0.25) is 0 Å². The number of rotatable bonds is 5. The highest BCUT2D eigenvalue weighted by Gasteiger charge is 2.11. The Balaban J connectivity index is 2.43. The second-order valence-electron chi connectivity index (χ2n) is 3.46. The lowest BCUT2D eigenvalue weighted by Gasteiger charge is -2.15. The van der Waals surface area contributed by atoms with E-state index in [-0.39, 0.29) is 18.7 Å². The van der Waals surface area contributed by atoms with Crippen molar-refractivity contribution in [1.82, 2.24) is 9.88 Å². The van der Waals surface area contributed by atoms with Crippen molar-refractivity contribution < 1.29 is 14.7 Å². The average Bonchev–Trinajstić information content (AvgIpc) is 2.27. The van der Waals surface area contributed by atoms with E-state index in [4.69, 9.17) is 5.11 Å². The Morgan fingerprint density at radius 2 is 2.12 bits per heavy atom. The van der Waals surface area contributed by atoms with Crippen LogP contribution in [0.4, 0.5) is 0 Å². The third-order valence-corrected chi connectivity index (χ3v) is 2.10. The van der Waals surface area contributed by atoms with Crippen molar-refractivity contribution in [3.8, 4) is 0 Å². The molecule has 1 amide bonds. The van der Waals surface area contributed by atoms with Crippen LogP contribution in [0.3, 0.4) is 0 Å². The lowest BCUT2D eigenvalue weighted by Crippen LogP contribution is -2.26. The van der Waals surface area contributed by atoms with Gasteiger partial charge in [-0.25, -0.2) is 0 Å². The summed E-state index contributed by atoms with van der Waals surface area (Å²) in [4.78, 5) is 27.4. The summed E-state index contributed by atoms with van der Waals surface area (Å²) in [6.07, 6.45) is 1.55. The molecule has 5 nitrogen and oxygen atoms in total. The molecule has 1 heterocycles. The first kappa shape index (κ1) is 12.2. The van der Waals surface area contributed by atoms with Gasteiger partial charge >= 0.3 is 5.97 Å². The van der Waals surface area contributed by atoms with Crippen molar-refractivity contribution in [1.29, 1.82) is 0 Å². The molecular weight excluding hydrogens is 208 g/mol. The van der Waals surface area contributed by atoms with Crippen molar-refractivity contribution in [3.05, 3.63) is 30.1 Å². The van der Waals surface area contributed by atoms with Crippen molar-refractivity contribution in [2.24, 2.45) is 0 Å². The van der Waals surface area contributed by atoms with Crippen LogP contribution in [-0.4, -0.2) is 33.9 Å². The number of carboxylic acids is 1. The van der Waals surface area contributed by atoms with Crippen LogP contribution in [0, 0.1) is 0 Å². The molecule has 1 aromatic rings.